The predicted octanol–water partition coefficient (Wildman–Crippen LogP) is -0.934. The Kier molecular flexibility index (Phi) is 7.61. The van der Waals surface area contributed by atoms with E-state index in [1.165, 1.54) is 0 Å². The summed E-state index contributed by atoms with van der Waals surface area (Å²) in [5.41, 5.74) is 0. The summed E-state index contributed by atoms with van der Waals surface area (Å²) in [6, 6.07) is 0. The van der Waals surface area contributed by atoms with Gasteiger partial charge in [-0.3, -0.25) is 0 Å². The Morgan fingerprint density at radius 2 is 2.00 bits per heavy atom. The van der Waals surface area contributed by atoms with E-state index in [1.807, 2.05) is 0 Å². The van der Waals surface area contributed by atoms with Crippen LogP contribution < -0.4 is 5.90 Å². The van der Waals surface area contributed by atoms with Gasteiger partial charge in [0.05, 0.1) is 0 Å². The van der Waals surface area contributed by atoms with E-state index >= 15 is 0 Å². The van der Waals surface area contributed by atoms with Crippen molar-refractivity contribution < 1.29 is 32.4 Å². The SMILES string of the molecule is NO[N+](=O)[O-].[Ag+]. The Hall–Kier alpha value is -0.0997. The molecule has 0 aromatic heterocycles. The van der Waals surface area contributed by atoms with E-state index in [1.54, 1.807) is 0 Å². The molecule has 0 saturated carbocycles. The van der Waals surface area contributed by atoms with E-state index in [0.717, 1.165) is 0 Å². The second-order valence-corrected chi connectivity index (χ2v) is 0.329. The van der Waals surface area contributed by atoms with Crippen molar-refractivity contribution in [2.24, 2.45) is 5.90 Å². The monoisotopic (exact) mass is 185 g/mol. The van der Waals surface area contributed by atoms with E-state index in [4.69, 9.17) is 10.1 Å². The molecule has 2 N–H and O–H groups in total. The van der Waals surface area contributed by atoms with Crippen LogP contribution >= 0.6 is 0 Å². The Morgan fingerprint density at radius 3 is 2.00 bits per heavy atom. The summed E-state index contributed by atoms with van der Waals surface area (Å²) < 4.78 is 0. The van der Waals surface area contributed by atoms with Gasteiger partial charge >= 0.3 is 27.5 Å². The molecule has 0 amide bonds. The van der Waals surface area contributed by atoms with Gasteiger partial charge in [0.15, 0.2) is 0 Å². The third kappa shape index (κ3) is 9.09. The van der Waals surface area contributed by atoms with Crippen LogP contribution in [0.3, 0.4) is 0 Å². The largest absolute Gasteiger partial charge is 1.00 e. The quantitative estimate of drug-likeness (QED) is 0.325. The molecule has 0 atom stereocenters. The van der Waals surface area contributed by atoms with Crippen molar-refractivity contribution in [2.45, 2.75) is 0 Å². The van der Waals surface area contributed by atoms with Crippen LogP contribution in [0.25, 0.3) is 0 Å². The second kappa shape index (κ2) is 4.90. The zero-order valence-electron chi connectivity index (χ0n) is 2.55. The van der Waals surface area contributed by atoms with Crippen LogP contribution in [0.1, 0.15) is 0 Å². The van der Waals surface area contributed by atoms with Crippen LogP contribution in [0.15, 0.2) is 0 Å². The first-order valence-corrected chi connectivity index (χ1v) is 0.783. The van der Waals surface area contributed by atoms with Gasteiger partial charge in [0.25, 0.3) is 0 Å². The fraction of sp³-hybridized carbons (Fsp3) is 0. The summed E-state index contributed by atoms with van der Waals surface area (Å²) >= 11 is 0. The Bertz CT molecular complexity index is 44.1. The molecule has 0 unspecified atom stereocenters. The van der Waals surface area contributed by atoms with Crippen LogP contribution in [0.2, 0.25) is 0 Å². The van der Waals surface area contributed by atoms with E-state index in [0.29, 0.717) is 0 Å². The third-order valence-electron chi connectivity index (χ3n) is 0.0861. The van der Waals surface area contributed by atoms with Crippen LogP contribution in [-0.2, 0) is 27.3 Å². The van der Waals surface area contributed by atoms with Crippen molar-refractivity contribution in [2.75, 3.05) is 0 Å². The van der Waals surface area contributed by atoms with E-state index in [-0.39, 0.29) is 22.4 Å². The maximum Gasteiger partial charge on any atom is 1.00 e. The molecule has 0 heterocycles. The minimum Gasteiger partial charge on any atom is -0.223 e. The third-order valence-corrected chi connectivity index (χ3v) is 0.0861. The summed E-state index contributed by atoms with van der Waals surface area (Å²) in [7, 11) is 0. The van der Waals surface area contributed by atoms with Crippen molar-refractivity contribution in [1.29, 1.82) is 0 Å². The van der Waals surface area contributed by atoms with Gasteiger partial charge in [-0.1, -0.05) is 0 Å². The van der Waals surface area contributed by atoms with Crippen LogP contribution in [-0.4, -0.2) is 5.09 Å². The minimum atomic E-state index is -1.10. The summed E-state index contributed by atoms with van der Waals surface area (Å²) in [5, 5.41) is 7.73. The molecule has 0 aliphatic carbocycles. The maximum absolute atomic E-state index is 8.83. The van der Waals surface area contributed by atoms with Gasteiger partial charge < -0.3 is 0 Å². The molecule has 0 aliphatic heterocycles. The maximum atomic E-state index is 8.83. The van der Waals surface area contributed by atoms with Crippen molar-refractivity contribution in [3.8, 4) is 0 Å². The molecular weight excluding hydrogens is 184 g/mol. The molecule has 0 bridgehead atoms. The van der Waals surface area contributed by atoms with Gasteiger partial charge in [-0.25, -0.2) is 4.94 Å². The topological polar surface area (TPSA) is 78.4 Å². The fourth-order valence-corrected chi connectivity index (χ4v) is 0. The molecule has 0 radical (unpaired) electrons. The molecule has 6 heteroatoms. The molecule has 40 valence electrons. The summed E-state index contributed by atoms with van der Waals surface area (Å²) in [6.07, 6.45) is 0. The molecule has 0 rings (SSSR count). The van der Waals surface area contributed by atoms with Gasteiger partial charge in [0.1, 0.15) is 0 Å². The second-order valence-electron chi connectivity index (χ2n) is 0.329. The molecule has 0 aromatic carbocycles. The van der Waals surface area contributed by atoms with E-state index < -0.39 is 5.09 Å². The normalized spacial score (nSPS) is 5.50. The smallest absolute Gasteiger partial charge is 0.223 e. The first kappa shape index (κ1) is 9.31. The molecule has 0 spiro atoms. The fourth-order valence-electron chi connectivity index (χ4n) is 0. The molecule has 0 fully saturated rings. The first-order valence-electron chi connectivity index (χ1n) is 0.783. The number of hydrogen-bond acceptors (Lipinski definition) is 4. The average Bonchev–Trinajstić information content (AvgIpc) is 1.38. The van der Waals surface area contributed by atoms with Gasteiger partial charge in [-0.15, -0.1) is 10.1 Å². The standard InChI is InChI=1S/Ag.H2N2O3/c;1-5-2(3)4/h;1H2/q+1;. The molecular formula is H2AgN2O3+. The van der Waals surface area contributed by atoms with E-state index in [2.05, 4.69) is 10.8 Å². The zero-order valence-corrected chi connectivity index (χ0v) is 4.03. The van der Waals surface area contributed by atoms with E-state index in [9.17, 15) is 0 Å². The summed E-state index contributed by atoms with van der Waals surface area (Å²) in [6.45, 7) is 0. The number of nitrogens with zero attached hydrogens (tertiary/aromatic N) is 1. The van der Waals surface area contributed by atoms with Crippen molar-refractivity contribution in [3.63, 3.8) is 0 Å². The van der Waals surface area contributed by atoms with Crippen molar-refractivity contribution in [3.05, 3.63) is 10.1 Å². The Labute approximate surface area is 49.0 Å². The average molecular weight is 186 g/mol. The van der Waals surface area contributed by atoms with Gasteiger partial charge in [0.2, 0.25) is 0 Å². The zero-order chi connectivity index (χ0) is 4.28. The van der Waals surface area contributed by atoms with Gasteiger partial charge in [-0.2, -0.15) is 5.90 Å². The number of nitrogens with two attached hydrogens (primary N) is 1. The Balaban J connectivity index is 0. The van der Waals surface area contributed by atoms with Crippen molar-refractivity contribution >= 4 is 0 Å². The molecule has 5 nitrogen and oxygen atoms in total. The predicted molar refractivity (Wildman–Crippen MR) is 12.3 cm³/mol. The molecule has 0 saturated heterocycles. The molecule has 0 aliphatic rings. The summed E-state index contributed by atoms with van der Waals surface area (Å²) in [4.78, 5) is 11.8. The molecule has 0 aromatic rings. The van der Waals surface area contributed by atoms with Crippen LogP contribution in [0.4, 0.5) is 0 Å². The number of hydrogen-bond donors (Lipinski definition) is 1. The summed E-state index contributed by atoms with van der Waals surface area (Å²) in [5.74, 6) is 3.97. The first-order chi connectivity index (χ1) is 2.27. The number of rotatable bonds is 1. The Morgan fingerprint density at radius 1 is 1.83 bits per heavy atom. The van der Waals surface area contributed by atoms with Gasteiger partial charge in [0, 0.05) is 0 Å². The molecule has 6 heavy (non-hydrogen) atoms. The van der Waals surface area contributed by atoms with Crippen LogP contribution in [0.5, 0.6) is 0 Å². The van der Waals surface area contributed by atoms with Gasteiger partial charge in [-0.05, 0) is 0 Å². The van der Waals surface area contributed by atoms with Crippen LogP contribution in [0, 0.1) is 10.1 Å². The minimum absolute atomic E-state index is 0. The van der Waals surface area contributed by atoms with Crippen molar-refractivity contribution in [1.82, 2.24) is 0 Å².